The fourth-order valence-corrected chi connectivity index (χ4v) is 3.16. The van der Waals surface area contributed by atoms with E-state index in [0.29, 0.717) is 18.2 Å². The normalized spacial score (nSPS) is 17.9. The highest BCUT2D eigenvalue weighted by Gasteiger charge is 2.26. The second kappa shape index (κ2) is 5.60. The number of hydrogen-bond donors (Lipinski definition) is 3. The first-order valence-corrected chi connectivity index (χ1v) is 8.16. The Balaban J connectivity index is 2.08. The average molecular weight is 286 g/mol. The summed E-state index contributed by atoms with van der Waals surface area (Å²) in [5, 5.41) is 9.92. The number of hydrogen-bond acceptors (Lipinski definition) is 4. The Hall–Kier alpha value is -0.920. The summed E-state index contributed by atoms with van der Waals surface area (Å²) in [7, 11) is -3.53. The molecule has 0 aromatic carbocycles. The van der Waals surface area contributed by atoms with Crippen LogP contribution in [0.1, 0.15) is 39.2 Å². The van der Waals surface area contributed by atoms with Gasteiger partial charge in [0.2, 0.25) is 0 Å². The predicted octanol–water partition coefficient (Wildman–Crippen LogP) is 0.984. The van der Waals surface area contributed by atoms with Gasteiger partial charge < -0.3 is 5.32 Å². The van der Waals surface area contributed by atoms with Crippen molar-refractivity contribution in [2.45, 2.75) is 57.3 Å². The van der Waals surface area contributed by atoms with Crippen LogP contribution in [-0.4, -0.2) is 30.7 Å². The van der Waals surface area contributed by atoms with Gasteiger partial charge in [-0.05, 0) is 25.7 Å². The first-order chi connectivity index (χ1) is 8.90. The summed E-state index contributed by atoms with van der Waals surface area (Å²) in [4.78, 5) is 0. The Morgan fingerprint density at radius 3 is 2.68 bits per heavy atom. The van der Waals surface area contributed by atoms with Crippen LogP contribution in [0.2, 0.25) is 0 Å². The Morgan fingerprint density at radius 2 is 2.11 bits per heavy atom. The molecule has 3 N–H and O–H groups in total. The summed E-state index contributed by atoms with van der Waals surface area (Å²) < 4.78 is 27.2. The quantitative estimate of drug-likeness (QED) is 0.697. The molecule has 7 heteroatoms. The van der Waals surface area contributed by atoms with Crippen molar-refractivity contribution in [1.82, 2.24) is 20.2 Å². The summed E-state index contributed by atoms with van der Waals surface area (Å²) >= 11 is 0. The van der Waals surface area contributed by atoms with E-state index >= 15 is 0 Å². The van der Waals surface area contributed by atoms with Crippen LogP contribution < -0.4 is 10.0 Å². The van der Waals surface area contributed by atoms with Crippen molar-refractivity contribution in [2.24, 2.45) is 5.92 Å². The molecule has 0 aliphatic heterocycles. The molecule has 1 atom stereocenters. The molecule has 19 heavy (non-hydrogen) atoms. The fourth-order valence-electron chi connectivity index (χ4n) is 1.64. The van der Waals surface area contributed by atoms with E-state index in [1.807, 2.05) is 20.8 Å². The highest BCUT2D eigenvalue weighted by atomic mass is 32.2. The zero-order chi connectivity index (χ0) is 14.0. The second-order valence-corrected chi connectivity index (χ2v) is 7.18. The van der Waals surface area contributed by atoms with Crippen LogP contribution in [0.3, 0.4) is 0 Å². The van der Waals surface area contributed by atoms with Gasteiger partial charge in [0.15, 0.2) is 5.03 Å². The van der Waals surface area contributed by atoms with Crippen LogP contribution in [0.5, 0.6) is 0 Å². The van der Waals surface area contributed by atoms with E-state index in [4.69, 9.17) is 0 Å². The molecule has 0 saturated heterocycles. The van der Waals surface area contributed by atoms with Gasteiger partial charge in [0.05, 0.1) is 6.20 Å². The van der Waals surface area contributed by atoms with Gasteiger partial charge in [-0.25, -0.2) is 13.1 Å². The van der Waals surface area contributed by atoms with E-state index in [-0.39, 0.29) is 17.0 Å². The molecule has 1 fully saturated rings. The summed E-state index contributed by atoms with van der Waals surface area (Å²) in [6.45, 7) is 6.36. The molecule has 0 amide bonds. The fraction of sp³-hybridized carbons (Fsp3) is 0.750. The first kappa shape index (κ1) is 14.5. The van der Waals surface area contributed by atoms with Crippen molar-refractivity contribution >= 4 is 10.0 Å². The molecule has 1 unspecified atom stereocenters. The van der Waals surface area contributed by atoms with Gasteiger partial charge in [0.1, 0.15) is 0 Å². The molecule has 1 aromatic rings. The van der Waals surface area contributed by atoms with E-state index in [1.165, 1.54) is 12.8 Å². The lowest BCUT2D eigenvalue weighted by molar-refractivity contribution is 0.474. The van der Waals surface area contributed by atoms with Crippen molar-refractivity contribution < 1.29 is 8.42 Å². The van der Waals surface area contributed by atoms with Crippen molar-refractivity contribution in [3.8, 4) is 0 Å². The summed E-state index contributed by atoms with van der Waals surface area (Å²) in [6, 6.07) is 0.422. The molecule has 1 aliphatic carbocycles. The molecule has 0 spiro atoms. The summed E-state index contributed by atoms with van der Waals surface area (Å²) in [5.41, 5.74) is 0.690. The molecule has 1 aromatic heterocycles. The van der Waals surface area contributed by atoms with Crippen molar-refractivity contribution in [3.05, 3.63) is 11.8 Å². The number of aromatic nitrogens is 2. The molecule has 6 nitrogen and oxygen atoms in total. The van der Waals surface area contributed by atoms with Gasteiger partial charge >= 0.3 is 0 Å². The monoisotopic (exact) mass is 286 g/mol. The van der Waals surface area contributed by atoms with Gasteiger partial charge in [-0.15, -0.1) is 0 Å². The Kier molecular flexibility index (Phi) is 4.27. The molecule has 1 heterocycles. The predicted molar refractivity (Wildman–Crippen MR) is 73.1 cm³/mol. The number of nitrogens with zero attached hydrogens (tertiary/aromatic N) is 1. The SMILES string of the molecule is CC(C)C(C)NS(=O)(=O)c1[nH]ncc1CNC1CC1. The van der Waals surface area contributed by atoms with Crippen molar-refractivity contribution in [3.63, 3.8) is 0 Å². The minimum absolute atomic E-state index is 0.113. The van der Waals surface area contributed by atoms with E-state index in [0.717, 1.165) is 0 Å². The summed E-state index contributed by atoms with van der Waals surface area (Å²) in [6.07, 6.45) is 3.91. The van der Waals surface area contributed by atoms with Gasteiger partial charge in [-0.3, -0.25) is 5.10 Å². The van der Waals surface area contributed by atoms with Gasteiger partial charge in [0, 0.05) is 24.2 Å². The maximum absolute atomic E-state index is 12.3. The van der Waals surface area contributed by atoms with Gasteiger partial charge in [-0.1, -0.05) is 13.8 Å². The third-order valence-electron chi connectivity index (χ3n) is 3.45. The summed E-state index contributed by atoms with van der Waals surface area (Å²) in [5.74, 6) is 0.241. The zero-order valence-electron chi connectivity index (χ0n) is 11.6. The number of aromatic amines is 1. The van der Waals surface area contributed by atoms with Crippen molar-refractivity contribution in [1.29, 1.82) is 0 Å². The minimum Gasteiger partial charge on any atom is -0.310 e. The van der Waals surface area contributed by atoms with Crippen LogP contribution in [0.4, 0.5) is 0 Å². The van der Waals surface area contributed by atoms with E-state index in [2.05, 4.69) is 20.2 Å². The molecule has 0 bridgehead atoms. The maximum Gasteiger partial charge on any atom is 0.258 e. The zero-order valence-corrected chi connectivity index (χ0v) is 12.4. The lowest BCUT2D eigenvalue weighted by Gasteiger charge is -2.17. The van der Waals surface area contributed by atoms with E-state index < -0.39 is 10.0 Å². The maximum atomic E-state index is 12.3. The lowest BCUT2D eigenvalue weighted by atomic mass is 10.1. The number of sulfonamides is 1. The van der Waals surface area contributed by atoms with Crippen LogP contribution >= 0.6 is 0 Å². The van der Waals surface area contributed by atoms with E-state index in [9.17, 15) is 8.42 Å². The lowest BCUT2D eigenvalue weighted by Crippen LogP contribution is -2.36. The molecule has 108 valence electrons. The molecular formula is C12H22N4O2S. The first-order valence-electron chi connectivity index (χ1n) is 6.68. The van der Waals surface area contributed by atoms with Crippen LogP contribution in [0, 0.1) is 5.92 Å². The largest absolute Gasteiger partial charge is 0.310 e. The molecule has 1 saturated carbocycles. The Labute approximate surface area is 114 Å². The number of rotatable bonds is 7. The van der Waals surface area contributed by atoms with E-state index in [1.54, 1.807) is 6.20 Å². The topological polar surface area (TPSA) is 86.9 Å². The number of nitrogens with one attached hydrogen (secondary N) is 3. The highest BCUT2D eigenvalue weighted by molar-refractivity contribution is 7.89. The second-order valence-electron chi connectivity index (χ2n) is 5.53. The van der Waals surface area contributed by atoms with Gasteiger partial charge in [-0.2, -0.15) is 5.10 Å². The third kappa shape index (κ3) is 3.77. The Bertz CT molecular complexity index is 520. The average Bonchev–Trinajstić information content (AvgIpc) is 3.02. The molecule has 1 aliphatic rings. The Morgan fingerprint density at radius 1 is 1.42 bits per heavy atom. The van der Waals surface area contributed by atoms with Crippen LogP contribution in [0.25, 0.3) is 0 Å². The standard InChI is InChI=1S/C12H22N4O2S/c1-8(2)9(3)16-19(17,18)12-10(7-14-15-12)6-13-11-4-5-11/h7-9,11,13,16H,4-6H2,1-3H3,(H,14,15). The molecule has 0 radical (unpaired) electrons. The van der Waals surface area contributed by atoms with Crippen LogP contribution in [0.15, 0.2) is 11.2 Å². The van der Waals surface area contributed by atoms with Crippen LogP contribution in [-0.2, 0) is 16.6 Å². The van der Waals surface area contributed by atoms with Crippen molar-refractivity contribution in [2.75, 3.05) is 0 Å². The highest BCUT2D eigenvalue weighted by Crippen LogP contribution is 2.20. The molecule has 2 rings (SSSR count). The molecular weight excluding hydrogens is 264 g/mol. The third-order valence-corrected chi connectivity index (χ3v) is 5.02. The number of H-pyrrole nitrogens is 1. The minimum atomic E-state index is -3.53. The smallest absolute Gasteiger partial charge is 0.258 e. The van der Waals surface area contributed by atoms with Gasteiger partial charge in [0.25, 0.3) is 10.0 Å².